The van der Waals surface area contributed by atoms with Gasteiger partial charge in [-0.1, -0.05) is 58.0 Å². The van der Waals surface area contributed by atoms with Crippen LogP contribution in [0.15, 0.2) is 46.1 Å². The van der Waals surface area contributed by atoms with Crippen LogP contribution in [0, 0.1) is 6.92 Å². The molecule has 1 unspecified atom stereocenters. The zero-order valence-corrected chi connectivity index (χ0v) is 23.5. The lowest BCUT2D eigenvalue weighted by atomic mass is 9.84. The molecule has 1 aliphatic carbocycles. The van der Waals surface area contributed by atoms with E-state index < -0.39 is 49.2 Å². The van der Waals surface area contributed by atoms with E-state index in [2.05, 4.69) is 38.8 Å². The van der Waals surface area contributed by atoms with Crippen molar-refractivity contribution in [3.05, 3.63) is 68.5 Å². The SMILES string of the molecule is CC[C@@]1(C2(O[Si](C)(C)C(C)(C)C)CC2)O[C@@H](n2cc(C)c(=O)[nH]c2=O)[C@@H](O)C1OCc1ccccc1. The van der Waals surface area contributed by atoms with E-state index in [0.29, 0.717) is 12.0 Å². The van der Waals surface area contributed by atoms with Crippen LogP contribution < -0.4 is 11.2 Å². The zero-order valence-electron chi connectivity index (χ0n) is 22.5. The average molecular weight is 517 g/mol. The molecular formula is C27H40N2O6Si. The van der Waals surface area contributed by atoms with Gasteiger partial charge in [0.2, 0.25) is 0 Å². The molecule has 4 atom stereocenters. The third-order valence-corrected chi connectivity index (χ3v) is 12.9. The van der Waals surface area contributed by atoms with Crippen molar-refractivity contribution in [2.45, 2.75) is 108 Å². The fourth-order valence-corrected chi connectivity index (χ4v) is 6.77. The number of aryl methyl sites for hydroxylation is 1. The molecule has 0 amide bonds. The smallest absolute Gasteiger partial charge is 0.330 e. The summed E-state index contributed by atoms with van der Waals surface area (Å²) in [6.07, 6.45) is 0.662. The number of benzene rings is 1. The van der Waals surface area contributed by atoms with Crippen molar-refractivity contribution >= 4 is 8.32 Å². The quantitative estimate of drug-likeness (QED) is 0.514. The zero-order chi connectivity index (χ0) is 26.5. The highest BCUT2D eigenvalue weighted by Gasteiger charge is 2.72. The Hall–Kier alpha value is -2.04. The molecule has 9 heteroatoms. The first-order valence-corrected chi connectivity index (χ1v) is 15.7. The van der Waals surface area contributed by atoms with Gasteiger partial charge in [0.25, 0.3) is 5.56 Å². The van der Waals surface area contributed by atoms with Crippen LogP contribution in [0.25, 0.3) is 0 Å². The Balaban J connectivity index is 1.77. The molecule has 2 fully saturated rings. The monoisotopic (exact) mass is 516 g/mol. The maximum Gasteiger partial charge on any atom is 0.330 e. The standard InChI is InChI=1S/C27H40N2O6Si/c1-8-27(26(14-15-26)35-36(6,7)25(3,4)5)21(33-17-19-12-10-9-11-13-19)20(30)23(34-27)29-16-18(2)22(31)28-24(29)32/h9-13,16,20-21,23,30H,8,14-15,17H2,1-7H3,(H,28,31,32)/t20-,21?,23+,27+/m0/s1. The lowest BCUT2D eigenvalue weighted by molar-refractivity contribution is -0.185. The maximum atomic E-state index is 12.8. The van der Waals surface area contributed by atoms with Gasteiger partial charge in [-0.15, -0.1) is 0 Å². The largest absolute Gasteiger partial charge is 0.408 e. The molecule has 2 aliphatic rings. The maximum absolute atomic E-state index is 12.8. The molecule has 1 aliphatic heterocycles. The van der Waals surface area contributed by atoms with Crippen molar-refractivity contribution in [3.63, 3.8) is 0 Å². The minimum absolute atomic E-state index is 0.0124. The number of hydrogen-bond acceptors (Lipinski definition) is 6. The Kier molecular flexibility index (Phi) is 7.02. The number of nitrogens with zero attached hydrogens (tertiary/aromatic N) is 1. The number of aliphatic hydroxyl groups excluding tert-OH is 1. The predicted octanol–water partition coefficient (Wildman–Crippen LogP) is 4.02. The van der Waals surface area contributed by atoms with E-state index >= 15 is 0 Å². The third-order valence-electron chi connectivity index (χ3n) is 8.34. The van der Waals surface area contributed by atoms with Crippen LogP contribution in [-0.2, 0) is 20.5 Å². The summed E-state index contributed by atoms with van der Waals surface area (Å²) in [4.78, 5) is 27.1. The summed E-state index contributed by atoms with van der Waals surface area (Å²) in [6.45, 7) is 15.0. The van der Waals surface area contributed by atoms with Crippen molar-refractivity contribution in [3.8, 4) is 0 Å². The van der Waals surface area contributed by atoms with Gasteiger partial charge >= 0.3 is 5.69 Å². The Morgan fingerprint density at radius 2 is 1.83 bits per heavy atom. The first kappa shape index (κ1) is 27.0. The fraction of sp³-hybridized carbons (Fsp3) is 0.630. The average Bonchev–Trinajstić information content (AvgIpc) is 3.52. The highest BCUT2D eigenvalue weighted by atomic mass is 28.4. The molecular weight excluding hydrogens is 476 g/mol. The molecule has 198 valence electrons. The second-order valence-electron chi connectivity index (χ2n) is 11.8. The first-order valence-electron chi connectivity index (χ1n) is 12.8. The van der Waals surface area contributed by atoms with E-state index in [1.165, 1.54) is 10.8 Å². The van der Waals surface area contributed by atoms with Crippen LogP contribution in [0.3, 0.4) is 0 Å². The lowest BCUT2D eigenvalue weighted by Crippen LogP contribution is -2.60. The van der Waals surface area contributed by atoms with Gasteiger partial charge in [0, 0.05) is 11.8 Å². The summed E-state index contributed by atoms with van der Waals surface area (Å²) in [5, 5.41) is 11.6. The minimum atomic E-state index is -2.21. The van der Waals surface area contributed by atoms with Crippen LogP contribution in [0.4, 0.5) is 0 Å². The lowest BCUT2D eigenvalue weighted by Gasteiger charge is -2.47. The molecule has 0 spiro atoms. The first-order chi connectivity index (χ1) is 16.8. The molecule has 4 rings (SSSR count). The van der Waals surface area contributed by atoms with Crippen LogP contribution in [0.5, 0.6) is 0 Å². The second-order valence-corrected chi connectivity index (χ2v) is 16.5. The number of aromatic nitrogens is 2. The Morgan fingerprint density at radius 1 is 1.19 bits per heavy atom. The number of aliphatic hydroxyl groups is 1. The molecule has 36 heavy (non-hydrogen) atoms. The topological polar surface area (TPSA) is 103 Å². The summed E-state index contributed by atoms with van der Waals surface area (Å²) in [5.74, 6) is 0. The predicted molar refractivity (Wildman–Crippen MR) is 140 cm³/mol. The highest BCUT2D eigenvalue weighted by Crippen LogP contribution is 2.61. The van der Waals surface area contributed by atoms with Gasteiger partial charge in [-0.05, 0) is 49.9 Å². The summed E-state index contributed by atoms with van der Waals surface area (Å²) in [7, 11) is -2.21. The second kappa shape index (κ2) is 9.36. The molecule has 1 aromatic heterocycles. The van der Waals surface area contributed by atoms with Crippen LogP contribution in [0.1, 0.15) is 64.3 Å². The molecule has 1 saturated carbocycles. The number of hydrogen-bond donors (Lipinski definition) is 2. The van der Waals surface area contributed by atoms with Gasteiger partial charge in [-0.3, -0.25) is 14.3 Å². The van der Waals surface area contributed by atoms with E-state index in [-0.39, 0.29) is 11.6 Å². The number of rotatable bonds is 8. The molecule has 1 saturated heterocycles. The van der Waals surface area contributed by atoms with Crippen LogP contribution in [0.2, 0.25) is 18.1 Å². The van der Waals surface area contributed by atoms with Gasteiger partial charge in [0.1, 0.15) is 17.8 Å². The Labute approximate surface area is 213 Å². The highest BCUT2D eigenvalue weighted by molar-refractivity contribution is 6.74. The molecule has 2 N–H and O–H groups in total. The number of ether oxygens (including phenoxy) is 2. The summed E-state index contributed by atoms with van der Waals surface area (Å²) in [5.41, 5.74) is -1.33. The summed E-state index contributed by atoms with van der Waals surface area (Å²) >= 11 is 0. The van der Waals surface area contributed by atoms with Gasteiger partial charge in [-0.2, -0.15) is 0 Å². The van der Waals surface area contributed by atoms with Crippen LogP contribution in [-0.4, -0.2) is 46.4 Å². The minimum Gasteiger partial charge on any atom is -0.408 e. The summed E-state index contributed by atoms with van der Waals surface area (Å²) in [6, 6.07) is 9.79. The normalized spacial score (nSPS) is 27.8. The molecule has 0 bridgehead atoms. The van der Waals surface area contributed by atoms with Crippen LogP contribution >= 0.6 is 0 Å². The molecule has 0 radical (unpaired) electrons. The van der Waals surface area contributed by atoms with Gasteiger partial charge in [-0.25, -0.2) is 4.79 Å². The summed E-state index contributed by atoms with van der Waals surface area (Å²) < 4.78 is 21.5. The van der Waals surface area contributed by atoms with E-state index in [1.807, 2.05) is 37.3 Å². The number of nitrogens with one attached hydrogen (secondary N) is 1. The van der Waals surface area contributed by atoms with Crippen molar-refractivity contribution in [1.82, 2.24) is 9.55 Å². The molecule has 2 aromatic rings. The van der Waals surface area contributed by atoms with E-state index in [1.54, 1.807) is 6.92 Å². The van der Waals surface area contributed by atoms with Crippen molar-refractivity contribution in [2.24, 2.45) is 0 Å². The van der Waals surface area contributed by atoms with Crippen molar-refractivity contribution in [1.29, 1.82) is 0 Å². The van der Waals surface area contributed by atoms with E-state index in [4.69, 9.17) is 13.9 Å². The van der Waals surface area contributed by atoms with Gasteiger partial charge in [0.15, 0.2) is 14.5 Å². The third kappa shape index (κ3) is 4.56. The number of H-pyrrole nitrogens is 1. The number of aromatic amines is 1. The van der Waals surface area contributed by atoms with E-state index in [0.717, 1.165) is 18.4 Å². The van der Waals surface area contributed by atoms with Crippen molar-refractivity contribution in [2.75, 3.05) is 0 Å². The fourth-order valence-electron chi connectivity index (χ4n) is 5.11. The van der Waals surface area contributed by atoms with Crippen molar-refractivity contribution < 1.29 is 19.0 Å². The Bertz CT molecular complexity index is 1200. The Morgan fingerprint density at radius 3 is 2.39 bits per heavy atom. The van der Waals surface area contributed by atoms with Gasteiger partial charge in [0.05, 0.1) is 12.2 Å². The van der Waals surface area contributed by atoms with Gasteiger partial charge < -0.3 is 19.0 Å². The molecule has 2 heterocycles. The molecule has 1 aromatic carbocycles. The van der Waals surface area contributed by atoms with E-state index in [9.17, 15) is 14.7 Å². The molecule has 8 nitrogen and oxygen atoms in total.